The summed E-state index contributed by atoms with van der Waals surface area (Å²) < 4.78 is 12.7. The van der Waals surface area contributed by atoms with E-state index in [1.807, 2.05) is 72.4 Å². The number of hydrogen-bond acceptors (Lipinski definition) is 3. The van der Waals surface area contributed by atoms with Gasteiger partial charge < -0.3 is 9.47 Å². The molecule has 0 aromatic heterocycles. The number of para-hydroxylation sites is 2. The predicted molar refractivity (Wildman–Crippen MR) is 196 cm³/mol. The summed E-state index contributed by atoms with van der Waals surface area (Å²) in [5, 5.41) is 0. The molecule has 6 aromatic rings. The quantitative estimate of drug-likeness (QED) is 0.133. The molecule has 3 heteroatoms. The molecule has 0 aliphatic carbocycles. The zero-order valence-electron chi connectivity index (χ0n) is 27.7. The molecule has 6 aromatic carbocycles. The van der Waals surface area contributed by atoms with Crippen LogP contribution in [0.3, 0.4) is 0 Å². The van der Waals surface area contributed by atoms with E-state index in [-0.39, 0.29) is 10.8 Å². The second kappa shape index (κ2) is 14.4. The molecule has 0 spiro atoms. The van der Waals surface area contributed by atoms with Gasteiger partial charge in [-0.25, -0.2) is 0 Å². The lowest BCUT2D eigenvalue weighted by molar-refractivity contribution is 0.469. The highest BCUT2D eigenvalue weighted by atomic mass is 32.2. The Hall–Kier alpha value is -4.73. The van der Waals surface area contributed by atoms with Crippen LogP contribution in [0.15, 0.2) is 168 Å². The van der Waals surface area contributed by atoms with Crippen LogP contribution in [0.4, 0.5) is 0 Å². The second-order valence-corrected chi connectivity index (χ2v) is 14.4. The number of benzene rings is 6. The molecular formula is C44H42O2S. The number of hydrogen-bond donors (Lipinski definition) is 0. The smallest absolute Gasteiger partial charge is 0.127 e. The molecule has 0 saturated carbocycles. The summed E-state index contributed by atoms with van der Waals surface area (Å²) in [6.45, 7) is 9.34. The summed E-state index contributed by atoms with van der Waals surface area (Å²) in [6.07, 6.45) is 1.82. The average Bonchev–Trinajstić information content (AvgIpc) is 3.07. The fourth-order valence-electron chi connectivity index (χ4n) is 6.15. The topological polar surface area (TPSA) is 18.5 Å². The van der Waals surface area contributed by atoms with Gasteiger partial charge in [-0.05, 0) is 107 Å². The molecular weight excluding hydrogens is 593 g/mol. The summed E-state index contributed by atoms with van der Waals surface area (Å²) in [5.41, 5.74) is 4.84. The normalized spacial score (nSPS) is 11.7. The predicted octanol–water partition coefficient (Wildman–Crippen LogP) is 12.5. The van der Waals surface area contributed by atoms with E-state index in [4.69, 9.17) is 9.47 Å². The lowest BCUT2D eigenvalue weighted by Crippen LogP contribution is -2.22. The molecule has 0 bridgehead atoms. The van der Waals surface area contributed by atoms with Crippen LogP contribution in [0, 0.1) is 0 Å². The van der Waals surface area contributed by atoms with E-state index in [2.05, 4.69) is 125 Å². The van der Waals surface area contributed by atoms with Gasteiger partial charge in [0.25, 0.3) is 0 Å². The van der Waals surface area contributed by atoms with Gasteiger partial charge in [-0.3, -0.25) is 0 Å². The van der Waals surface area contributed by atoms with Gasteiger partial charge in [0.1, 0.15) is 23.0 Å². The van der Waals surface area contributed by atoms with Crippen molar-refractivity contribution in [3.05, 3.63) is 180 Å². The summed E-state index contributed by atoms with van der Waals surface area (Å²) in [6, 6.07) is 54.7. The van der Waals surface area contributed by atoms with Crippen LogP contribution in [0.2, 0.25) is 0 Å². The van der Waals surface area contributed by atoms with E-state index < -0.39 is 0 Å². The lowest BCUT2D eigenvalue weighted by atomic mass is 9.79. The Balaban J connectivity index is 1.41. The maximum absolute atomic E-state index is 6.36. The Morgan fingerprint density at radius 3 is 1.11 bits per heavy atom. The van der Waals surface area contributed by atoms with Crippen LogP contribution in [0.5, 0.6) is 23.0 Å². The number of ether oxygens (including phenoxy) is 2. The fourth-order valence-corrected chi connectivity index (χ4v) is 7.55. The minimum absolute atomic E-state index is 0.157. The first-order valence-corrected chi connectivity index (χ1v) is 17.1. The van der Waals surface area contributed by atoms with Gasteiger partial charge in [-0.1, -0.05) is 137 Å². The Kier molecular flexibility index (Phi) is 9.84. The Morgan fingerprint density at radius 1 is 0.404 bits per heavy atom. The van der Waals surface area contributed by atoms with Gasteiger partial charge in [0.05, 0.1) is 0 Å². The highest BCUT2D eigenvalue weighted by molar-refractivity contribution is 7.99. The van der Waals surface area contributed by atoms with Gasteiger partial charge in [0.2, 0.25) is 0 Å². The molecule has 0 aliphatic rings. The van der Waals surface area contributed by atoms with Crippen molar-refractivity contribution in [3.8, 4) is 23.0 Å². The van der Waals surface area contributed by atoms with Crippen molar-refractivity contribution in [1.29, 1.82) is 0 Å². The van der Waals surface area contributed by atoms with Crippen LogP contribution in [-0.4, -0.2) is 0 Å². The second-order valence-electron chi connectivity index (χ2n) is 13.3. The molecule has 47 heavy (non-hydrogen) atoms. The van der Waals surface area contributed by atoms with Crippen molar-refractivity contribution >= 4 is 11.8 Å². The highest BCUT2D eigenvalue weighted by Gasteiger charge is 2.29. The van der Waals surface area contributed by atoms with Crippen LogP contribution >= 0.6 is 11.8 Å². The monoisotopic (exact) mass is 634 g/mol. The van der Waals surface area contributed by atoms with Crippen molar-refractivity contribution in [1.82, 2.24) is 0 Å². The third-order valence-electron chi connectivity index (χ3n) is 8.52. The molecule has 6 rings (SSSR count). The zero-order valence-corrected chi connectivity index (χ0v) is 28.5. The highest BCUT2D eigenvalue weighted by Crippen LogP contribution is 2.45. The summed E-state index contributed by atoms with van der Waals surface area (Å²) in [4.78, 5) is 2.44. The maximum atomic E-state index is 6.36. The SMILES string of the molecule is CC(C)(Cc1ccccc1)c1cc(Oc2ccccc2)ccc1Sc1ccc(Oc2ccccc2)cc1C(C)(C)Cc1ccccc1. The molecule has 2 nitrogen and oxygen atoms in total. The summed E-state index contributed by atoms with van der Waals surface area (Å²) in [5.74, 6) is 3.35. The van der Waals surface area contributed by atoms with Gasteiger partial charge in [0, 0.05) is 9.79 Å². The molecule has 236 valence electrons. The van der Waals surface area contributed by atoms with E-state index in [0.29, 0.717) is 0 Å². The molecule has 0 N–H and O–H groups in total. The largest absolute Gasteiger partial charge is 0.457 e. The van der Waals surface area contributed by atoms with E-state index in [1.54, 1.807) is 0 Å². The van der Waals surface area contributed by atoms with Crippen molar-refractivity contribution in [2.24, 2.45) is 0 Å². The fraction of sp³-hybridized carbons (Fsp3) is 0.182. The number of rotatable bonds is 12. The lowest BCUT2D eigenvalue weighted by Gasteiger charge is -2.31. The van der Waals surface area contributed by atoms with Gasteiger partial charge in [-0.15, -0.1) is 0 Å². The third kappa shape index (κ3) is 8.36. The minimum Gasteiger partial charge on any atom is -0.457 e. The molecule has 0 atom stereocenters. The molecule has 0 radical (unpaired) electrons. The van der Waals surface area contributed by atoms with E-state index in [9.17, 15) is 0 Å². The van der Waals surface area contributed by atoms with E-state index >= 15 is 0 Å². The van der Waals surface area contributed by atoms with Crippen molar-refractivity contribution in [3.63, 3.8) is 0 Å². The molecule has 0 amide bonds. The first-order valence-electron chi connectivity index (χ1n) is 16.3. The van der Waals surface area contributed by atoms with E-state index in [1.165, 1.54) is 32.0 Å². The van der Waals surface area contributed by atoms with Crippen LogP contribution in [0.1, 0.15) is 49.9 Å². The first kappa shape index (κ1) is 32.2. The molecule has 0 saturated heterocycles. The van der Waals surface area contributed by atoms with Gasteiger partial charge in [0.15, 0.2) is 0 Å². The Morgan fingerprint density at radius 2 is 0.745 bits per heavy atom. The molecule has 0 aliphatic heterocycles. The third-order valence-corrected chi connectivity index (χ3v) is 9.67. The van der Waals surface area contributed by atoms with Crippen LogP contribution < -0.4 is 9.47 Å². The van der Waals surface area contributed by atoms with Crippen LogP contribution in [-0.2, 0) is 23.7 Å². The minimum atomic E-state index is -0.157. The molecule has 0 unspecified atom stereocenters. The van der Waals surface area contributed by atoms with Gasteiger partial charge >= 0.3 is 0 Å². The van der Waals surface area contributed by atoms with Crippen molar-refractivity contribution < 1.29 is 9.47 Å². The summed E-state index contributed by atoms with van der Waals surface area (Å²) in [7, 11) is 0. The first-order chi connectivity index (χ1) is 22.7. The maximum Gasteiger partial charge on any atom is 0.127 e. The Bertz CT molecular complexity index is 1740. The van der Waals surface area contributed by atoms with Crippen LogP contribution in [0.25, 0.3) is 0 Å². The van der Waals surface area contributed by atoms with Crippen molar-refractivity contribution in [2.45, 2.75) is 61.2 Å². The standard InChI is InChI=1S/C44H42O2S/c1-43(2,31-33-17-9-5-10-18-33)39-29-37(45-35-21-13-7-14-22-35)25-27-41(39)47-42-28-26-38(46-36-23-15-8-16-24-36)30-40(42)44(3,4)32-34-19-11-6-12-20-34/h5-30H,31-32H2,1-4H3. The molecule has 0 heterocycles. The Labute approximate surface area is 284 Å². The van der Waals surface area contributed by atoms with Gasteiger partial charge in [-0.2, -0.15) is 0 Å². The molecule has 0 fully saturated rings. The van der Waals surface area contributed by atoms with Crippen molar-refractivity contribution in [2.75, 3.05) is 0 Å². The summed E-state index contributed by atoms with van der Waals surface area (Å²) >= 11 is 1.83. The average molecular weight is 635 g/mol. The zero-order chi connectivity index (χ0) is 32.7. The van der Waals surface area contributed by atoms with E-state index in [0.717, 1.165) is 35.8 Å².